The largest absolute Gasteiger partial charge is 0.326 e. The topological polar surface area (TPSA) is 29.3 Å². The van der Waals surface area contributed by atoms with Gasteiger partial charge in [-0.1, -0.05) is 24.6 Å². The van der Waals surface area contributed by atoms with Gasteiger partial charge in [-0.05, 0) is 62.8 Å². The summed E-state index contributed by atoms with van der Waals surface area (Å²) in [6.45, 7) is 5.72. The summed E-state index contributed by atoms with van der Waals surface area (Å²) in [5.41, 5.74) is 10.9. The number of hydrogen-bond acceptors (Lipinski definition) is 2. The first-order chi connectivity index (χ1) is 9.18. The molecular formula is C17H26N2. The predicted molar refractivity (Wildman–Crippen MR) is 80.2 cm³/mol. The van der Waals surface area contributed by atoms with Crippen LogP contribution in [0.1, 0.15) is 54.8 Å². The maximum atomic E-state index is 6.56. The maximum absolute atomic E-state index is 6.56. The minimum absolute atomic E-state index is 0.294. The van der Waals surface area contributed by atoms with Crippen LogP contribution in [0.3, 0.4) is 0 Å². The first-order valence-corrected chi connectivity index (χ1v) is 7.76. The molecule has 0 spiro atoms. The number of rotatable bonds is 2. The summed E-state index contributed by atoms with van der Waals surface area (Å²) < 4.78 is 0. The monoisotopic (exact) mass is 258 g/mol. The molecule has 2 heteroatoms. The Morgan fingerprint density at radius 1 is 1.05 bits per heavy atom. The Bertz CT molecular complexity index is 430. The summed E-state index contributed by atoms with van der Waals surface area (Å²) >= 11 is 0. The van der Waals surface area contributed by atoms with Gasteiger partial charge in [0.1, 0.15) is 0 Å². The molecule has 1 aliphatic heterocycles. The van der Waals surface area contributed by atoms with E-state index in [9.17, 15) is 0 Å². The van der Waals surface area contributed by atoms with E-state index in [1.54, 1.807) is 0 Å². The molecule has 0 amide bonds. The zero-order valence-corrected chi connectivity index (χ0v) is 12.2. The van der Waals surface area contributed by atoms with Crippen molar-refractivity contribution in [2.45, 2.75) is 64.1 Å². The van der Waals surface area contributed by atoms with Crippen LogP contribution in [0.15, 0.2) is 18.2 Å². The molecule has 0 aromatic heterocycles. The van der Waals surface area contributed by atoms with Crippen molar-refractivity contribution in [1.29, 1.82) is 0 Å². The fourth-order valence-corrected chi connectivity index (χ4v) is 3.71. The van der Waals surface area contributed by atoms with Crippen molar-refractivity contribution in [3.63, 3.8) is 0 Å². The smallest absolute Gasteiger partial charge is 0.0507 e. The summed E-state index contributed by atoms with van der Waals surface area (Å²) in [6.07, 6.45) is 6.50. The Kier molecular flexibility index (Phi) is 3.64. The number of nitrogens with two attached hydrogens (primary N) is 1. The zero-order valence-electron chi connectivity index (χ0n) is 12.2. The maximum Gasteiger partial charge on any atom is 0.0507 e. The fourth-order valence-electron chi connectivity index (χ4n) is 3.71. The van der Waals surface area contributed by atoms with Crippen LogP contribution in [0.5, 0.6) is 0 Å². The zero-order chi connectivity index (χ0) is 13.4. The van der Waals surface area contributed by atoms with Crippen LogP contribution in [0, 0.1) is 13.8 Å². The van der Waals surface area contributed by atoms with Gasteiger partial charge in [-0.3, -0.25) is 4.90 Å². The summed E-state index contributed by atoms with van der Waals surface area (Å²) in [5.74, 6) is 0. The van der Waals surface area contributed by atoms with Gasteiger partial charge in [0.05, 0.1) is 6.04 Å². The Hall–Kier alpha value is -0.860. The van der Waals surface area contributed by atoms with Crippen molar-refractivity contribution < 1.29 is 0 Å². The summed E-state index contributed by atoms with van der Waals surface area (Å²) in [7, 11) is 0. The second-order valence-corrected chi connectivity index (χ2v) is 6.38. The summed E-state index contributed by atoms with van der Waals surface area (Å²) in [6, 6.07) is 8.18. The van der Waals surface area contributed by atoms with Crippen molar-refractivity contribution in [3.05, 3.63) is 34.9 Å². The molecule has 19 heavy (non-hydrogen) atoms. The molecule has 2 aliphatic rings. The van der Waals surface area contributed by atoms with Crippen molar-refractivity contribution in [2.24, 2.45) is 5.73 Å². The standard InChI is InChI=1S/C17H26N2/c1-12-6-5-7-13(2)16(12)17-15(18)8-3-4-11-19(17)14-9-10-14/h5-7,14-15,17H,3-4,8-11,18H2,1-2H3. The highest BCUT2D eigenvalue weighted by Crippen LogP contribution is 2.40. The highest BCUT2D eigenvalue weighted by molar-refractivity contribution is 5.37. The van der Waals surface area contributed by atoms with E-state index in [0.29, 0.717) is 12.1 Å². The van der Waals surface area contributed by atoms with Gasteiger partial charge in [0.2, 0.25) is 0 Å². The van der Waals surface area contributed by atoms with E-state index in [2.05, 4.69) is 36.9 Å². The van der Waals surface area contributed by atoms with Gasteiger partial charge in [-0.2, -0.15) is 0 Å². The van der Waals surface area contributed by atoms with Crippen LogP contribution >= 0.6 is 0 Å². The molecule has 1 saturated carbocycles. The van der Waals surface area contributed by atoms with E-state index >= 15 is 0 Å². The lowest BCUT2D eigenvalue weighted by Crippen LogP contribution is -2.41. The molecule has 2 N–H and O–H groups in total. The molecule has 2 nitrogen and oxygen atoms in total. The molecule has 2 atom stereocenters. The van der Waals surface area contributed by atoms with Crippen LogP contribution < -0.4 is 5.73 Å². The SMILES string of the molecule is Cc1cccc(C)c1C1C(N)CCCCN1C1CC1. The lowest BCUT2D eigenvalue weighted by molar-refractivity contribution is 0.174. The molecule has 1 aromatic rings. The van der Waals surface area contributed by atoms with E-state index in [1.165, 1.54) is 55.3 Å². The van der Waals surface area contributed by atoms with Gasteiger partial charge >= 0.3 is 0 Å². The Balaban J connectivity index is 2.01. The molecule has 2 unspecified atom stereocenters. The van der Waals surface area contributed by atoms with Crippen molar-refractivity contribution >= 4 is 0 Å². The molecule has 0 bridgehead atoms. The average Bonchev–Trinajstić information content (AvgIpc) is 3.18. The van der Waals surface area contributed by atoms with E-state index in [1.807, 2.05) is 0 Å². The van der Waals surface area contributed by atoms with Gasteiger partial charge in [0, 0.05) is 12.1 Å². The quantitative estimate of drug-likeness (QED) is 0.881. The highest BCUT2D eigenvalue weighted by Gasteiger charge is 2.39. The molecular weight excluding hydrogens is 232 g/mol. The molecule has 1 aliphatic carbocycles. The highest BCUT2D eigenvalue weighted by atomic mass is 15.2. The molecule has 1 heterocycles. The van der Waals surface area contributed by atoms with E-state index in [0.717, 1.165) is 6.04 Å². The Morgan fingerprint density at radius 2 is 1.74 bits per heavy atom. The second kappa shape index (κ2) is 5.26. The Morgan fingerprint density at radius 3 is 2.37 bits per heavy atom. The van der Waals surface area contributed by atoms with Crippen molar-refractivity contribution in [3.8, 4) is 0 Å². The fraction of sp³-hybridized carbons (Fsp3) is 0.647. The first-order valence-electron chi connectivity index (χ1n) is 7.76. The van der Waals surface area contributed by atoms with Crippen LogP contribution in [0.4, 0.5) is 0 Å². The Labute approximate surface area is 117 Å². The number of benzene rings is 1. The lowest BCUT2D eigenvalue weighted by Gasteiger charge is -2.36. The molecule has 1 aromatic carbocycles. The predicted octanol–water partition coefficient (Wildman–Crippen LogP) is 3.32. The van der Waals surface area contributed by atoms with Gasteiger partial charge in [0.15, 0.2) is 0 Å². The van der Waals surface area contributed by atoms with Crippen LogP contribution in [-0.2, 0) is 0 Å². The molecule has 2 fully saturated rings. The molecule has 1 saturated heterocycles. The molecule has 0 radical (unpaired) electrons. The summed E-state index contributed by atoms with van der Waals surface area (Å²) in [4.78, 5) is 2.72. The minimum Gasteiger partial charge on any atom is -0.326 e. The van der Waals surface area contributed by atoms with Gasteiger partial charge < -0.3 is 5.73 Å². The van der Waals surface area contributed by atoms with Gasteiger partial charge in [-0.25, -0.2) is 0 Å². The van der Waals surface area contributed by atoms with E-state index in [-0.39, 0.29) is 0 Å². The third-order valence-electron chi connectivity index (χ3n) is 4.82. The number of nitrogens with zero attached hydrogens (tertiary/aromatic N) is 1. The first kappa shape index (κ1) is 13.1. The van der Waals surface area contributed by atoms with E-state index in [4.69, 9.17) is 5.73 Å². The number of hydrogen-bond donors (Lipinski definition) is 1. The normalized spacial score (nSPS) is 29.2. The second-order valence-electron chi connectivity index (χ2n) is 6.38. The van der Waals surface area contributed by atoms with Crippen LogP contribution in [0.2, 0.25) is 0 Å². The molecule has 3 rings (SSSR count). The van der Waals surface area contributed by atoms with E-state index < -0.39 is 0 Å². The molecule has 104 valence electrons. The third kappa shape index (κ3) is 2.56. The minimum atomic E-state index is 0.294. The number of aryl methyl sites for hydroxylation is 2. The number of likely N-dealkylation sites (tertiary alicyclic amines) is 1. The van der Waals surface area contributed by atoms with Crippen LogP contribution in [-0.4, -0.2) is 23.5 Å². The van der Waals surface area contributed by atoms with Gasteiger partial charge in [0.25, 0.3) is 0 Å². The summed E-state index contributed by atoms with van der Waals surface area (Å²) in [5, 5.41) is 0. The van der Waals surface area contributed by atoms with Crippen LogP contribution in [0.25, 0.3) is 0 Å². The van der Waals surface area contributed by atoms with Crippen molar-refractivity contribution in [2.75, 3.05) is 6.54 Å². The average molecular weight is 258 g/mol. The van der Waals surface area contributed by atoms with Crippen molar-refractivity contribution in [1.82, 2.24) is 4.90 Å². The van der Waals surface area contributed by atoms with Gasteiger partial charge in [-0.15, -0.1) is 0 Å². The lowest BCUT2D eigenvalue weighted by atomic mass is 9.89. The third-order valence-corrected chi connectivity index (χ3v) is 4.82.